The molecule has 0 aliphatic heterocycles. The second kappa shape index (κ2) is 6.00. The van der Waals surface area contributed by atoms with Gasteiger partial charge in [0, 0.05) is 24.7 Å². The molecule has 0 aliphatic carbocycles. The molecular weight excluding hydrogens is 228 g/mol. The molecule has 0 bridgehead atoms. The quantitative estimate of drug-likeness (QED) is 0.609. The van der Waals surface area contributed by atoms with E-state index in [4.69, 9.17) is 15.0 Å². The zero-order valence-electron chi connectivity index (χ0n) is 10.8. The summed E-state index contributed by atoms with van der Waals surface area (Å²) >= 11 is 0. The van der Waals surface area contributed by atoms with Gasteiger partial charge in [-0.2, -0.15) is 0 Å². The molecule has 1 heterocycles. The van der Waals surface area contributed by atoms with Gasteiger partial charge in [0.05, 0.1) is 12.3 Å². The van der Waals surface area contributed by atoms with E-state index in [-0.39, 0.29) is 6.04 Å². The SMILES string of the molecule is COCCC(C)C(NN)c1coc2ccccc12. The van der Waals surface area contributed by atoms with Crippen LogP contribution in [0.4, 0.5) is 0 Å². The Balaban J connectivity index is 2.26. The lowest BCUT2D eigenvalue weighted by Gasteiger charge is -2.22. The minimum Gasteiger partial charge on any atom is -0.464 e. The number of fused-ring (bicyclic) bond motifs is 1. The number of ether oxygens (including phenoxy) is 1. The first kappa shape index (κ1) is 13.1. The van der Waals surface area contributed by atoms with Crippen LogP contribution in [0.1, 0.15) is 24.9 Å². The van der Waals surface area contributed by atoms with E-state index in [9.17, 15) is 0 Å². The van der Waals surface area contributed by atoms with Crippen LogP contribution < -0.4 is 11.3 Å². The maximum absolute atomic E-state index is 5.70. The van der Waals surface area contributed by atoms with Crippen molar-refractivity contribution in [3.8, 4) is 0 Å². The Morgan fingerprint density at radius 1 is 1.39 bits per heavy atom. The van der Waals surface area contributed by atoms with Gasteiger partial charge < -0.3 is 9.15 Å². The fraction of sp³-hybridized carbons (Fsp3) is 0.429. The molecule has 0 spiro atoms. The van der Waals surface area contributed by atoms with Gasteiger partial charge in [0.2, 0.25) is 0 Å². The lowest BCUT2D eigenvalue weighted by molar-refractivity contribution is 0.170. The predicted octanol–water partition coefficient (Wildman–Crippen LogP) is 2.61. The van der Waals surface area contributed by atoms with Gasteiger partial charge in [-0.15, -0.1) is 0 Å². The fourth-order valence-corrected chi connectivity index (χ4v) is 2.27. The average Bonchev–Trinajstić information content (AvgIpc) is 2.81. The molecular formula is C14H20N2O2. The van der Waals surface area contributed by atoms with Crippen molar-refractivity contribution in [2.45, 2.75) is 19.4 Å². The molecule has 0 amide bonds. The molecule has 3 N–H and O–H groups in total. The maximum Gasteiger partial charge on any atom is 0.134 e. The molecule has 0 saturated carbocycles. The summed E-state index contributed by atoms with van der Waals surface area (Å²) in [5, 5.41) is 1.12. The van der Waals surface area contributed by atoms with Crippen molar-refractivity contribution in [1.82, 2.24) is 5.43 Å². The molecule has 18 heavy (non-hydrogen) atoms. The zero-order valence-corrected chi connectivity index (χ0v) is 10.8. The van der Waals surface area contributed by atoms with Crippen LogP contribution in [0.5, 0.6) is 0 Å². The molecule has 2 atom stereocenters. The van der Waals surface area contributed by atoms with Crippen LogP contribution in [0.15, 0.2) is 34.9 Å². The van der Waals surface area contributed by atoms with E-state index in [2.05, 4.69) is 18.4 Å². The van der Waals surface area contributed by atoms with Crippen LogP contribution in [0.3, 0.4) is 0 Å². The molecule has 2 rings (SSSR count). The Bertz CT molecular complexity index is 495. The third-order valence-corrected chi connectivity index (χ3v) is 3.37. The van der Waals surface area contributed by atoms with E-state index in [0.29, 0.717) is 5.92 Å². The van der Waals surface area contributed by atoms with Crippen LogP contribution in [0.25, 0.3) is 11.0 Å². The summed E-state index contributed by atoms with van der Waals surface area (Å²) in [5.41, 5.74) is 4.89. The molecule has 0 aliphatic rings. The van der Waals surface area contributed by atoms with E-state index in [1.165, 1.54) is 0 Å². The third kappa shape index (κ3) is 2.56. The van der Waals surface area contributed by atoms with Gasteiger partial charge in [-0.05, 0) is 18.4 Å². The Hall–Kier alpha value is -1.36. The normalized spacial score (nSPS) is 14.8. The van der Waals surface area contributed by atoms with Crippen LogP contribution in [0, 0.1) is 5.92 Å². The number of para-hydroxylation sites is 1. The number of methoxy groups -OCH3 is 1. The number of furan rings is 1. The molecule has 98 valence electrons. The first-order valence-electron chi connectivity index (χ1n) is 6.19. The molecule has 4 nitrogen and oxygen atoms in total. The average molecular weight is 248 g/mol. The number of nitrogens with two attached hydrogens (primary N) is 1. The fourth-order valence-electron chi connectivity index (χ4n) is 2.27. The lowest BCUT2D eigenvalue weighted by Crippen LogP contribution is -2.32. The van der Waals surface area contributed by atoms with Gasteiger partial charge in [-0.25, -0.2) is 0 Å². The van der Waals surface area contributed by atoms with Crippen molar-refractivity contribution >= 4 is 11.0 Å². The highest BCUT2D eigenvalue weighted by Crippen LogP contribution is 2.31. The lowest BCUT2D eigenvalue weighted by atomic mass is 9.92. The topological polar surface area (TPSA) is 60.4 Å². The number of nitrogens with one attached hydrogen (secondary N) is 1. The molecule has 0 radical (unpaired) electrons. The second-order valence-electron chi connectivity index (χ2n) is 4.59. The van der Waals surface area contributed by atoms with Gasteiger partial charge in [0.1, 0.15) is 5.58 Å². The molecule has 1 aromatic heterocycles. The first-order chi connectivity index (χ1) is 8.77. The van der Waals surface area contributed by atoms with Crippen LogP contribution in [-0.4, -0.2) is 13.7 Å². The van der Waals surface area contributed by atoms with Gasteiger partial charge >= 0.3 is 0 Å². The highest BCUT2D eigenvalue weighted by molar-refractivity contribution is 5.81. The first-order valence-corrected chi connectivity index (χ1v) is 6.19. The summed E-state index contributed by atoms with van der Waals surface area (Å²) in [5.74, 6) is 6.07. The van der Waals surface area contributed by atoms with E-state index >= 15 is 0 Å². The monoisotopic (exact) mass is 248 g/mol. The van der Waals surface area contributed by atoms with Gasteiger partial charge in [-0.1, -0.05) is 25.1 Å². The van der Waals surface area contributed by atoms with E-state index < -0.39 is 0 Å². The summed E-state index contributed by atoms with van der Waals surface area (Å²) in [7, 11) is 1.71. The van der Waals surface area contributed by atoms with E-state index in [1.54, 1.807) is 13.4 Å². The number of rotatable bonds is 6. The smallest absolute Gasteiger partial charge is 0.134 e. The Morgan fingerprint density at radius 2 is 2.17 bits per heavy atom. The number of hydrazine groups is 1. The molecule has 4 heteroatoms. The second-order valence-corrected chi connectivity index (χ2v) is 4.59. The summed E-state index contributed by atoms with van der Waals surface area (Å²) in [6.07, 6.45) is 2.74. The van der Waals surface area contributed by atoms with Crippen molar-refractivity contribution in [3.63, 3.8) is 0 Å². The van der Waals surface area contributed by atoms with Gasteiger partial charge in [-0.3, -0.25) is 11.3 Å². The standard InChI is InChI=1S/C14H20N2O2/c1-10(7-8-17-2)14(16-15)12-9-18-13-6-4-3-5-11(12)13/h3-6,9-10,14,16H,7-8,15H2,1-2H3. The van der Waals surface area contributed by atoms with Crippen molar-refractivity contribution in [1.29, 1.82) is 0 Å². The Kier molecular flexibility index (Phi) is 4.36. The van der Waals surface area contributed by atoms with Crippen molar-refractivity contribution in [3.05, 3.63) is 36.1 Å². The number of hydrogen-bond acceptors (Lipinski definition) is 4. The minimum absolute atomic E-state index is 0.0730. The van der Waals surface area contributed by atoms with Crippen molar-refractivity contribution in [2.24, 2.45) is 11.8 Å². The third-order valence-electron chi connectivity index (χ3n) is 3.37. The van der Waals surface area contributed by atoms with E-state index in [0.717, 1.165) is 29.6 Å². The summed E-state index contributed by atoms with van der Waals surface area (Å²) in [6, 6.07) is 8.07. The maximum atomic E-state index is 5.70. The Morgan fingerprint density at radius 3 is 2.89 bits per heavy atom. The number of benzene rings is 1. The molecule has 2 aromatic rings. The Labute approximate surface area is 107 Å². The summed E-state index contributed by atoms with van der Waals surface area (Å²) in [4.78, 5) is 0. The minimum atomic E-state index is 0.0730. The predicted molar refractivity (Wildman–Crippen MR) is 71.9 cm³/mol. The van der Waals surface area contributed by atoms with Gasteiger partial charge in [0.15, 0.2) is 0 Å². The van der Waals surface area contributed by atoms with Crippen LogP contribution in [0.2, 0.25) is 0 Å². The largest absolute Gasteiger partial charge is 0.464 e. The highest BCUT2D eigenvalue weighted by atomic mass is 16.5. The van der Waals surface area contributed by atoms with Crippen molar-refractivity contribution < 1.29 is 9.15 Å². The van der Waals surface area contributed by atoms with Gasteiger partial charge in [0.25, 0.3) is 0 Å². The summed E-state index contributed by atoms with van der Waals surface area (Å²) < 4.78 is 10.7. The van der Waals surface area contributed by atoms with Crippen molar-refractivity contribution in [2.75, 3.05) is 13.7 Å². The summed E-state index contributed by atoms with van der Waals surface area (Å²) in [6.45, 7) is 2.89. The zero-order chi connectivity index (χ0) is 13.0. The van der Waals surface area contributed by atoms with Crippen LogP contribution in [-0.2, 0) is 4.74 Å². The number of hydrogen-bond donors (Lipinski definition) is 2. The molecule has 0 fully saturated rings. The molecule has 0 saturated heterocycles. The van der Waals surface area contributed by atoms with E-state index in [1.807, 2.05) is 18.2 Å². The molecule has 1 aromatic carbocycles. The van der Waals surface area contributed by atoms with Crippen LogP contribution >= 0.6 is 0 Å². The highest BCUT2D eigenvalue weighted by Gasteiger charge is 2.21. The molecule has 2 unspecified atom stereocenters.